The van der Waals surface area contributed by atoms with E-state index in [2.05, 4.69) is 24.1 Å². The fourth-order valence-electron chi connectivity index (χ4n) is 4.45. The highest BCUT2D eigenvalue weighted by molar-refractivity contribution is 4.87. The molecule has 0 spiro atoms. The lowest BCUT2D eigenvalue weighted by Crippen LogP contribution is -2.47. The van der Waals surface area contributed by atoms with Gasteiger partial charge in [-0.3, -0.25) is 0 Å². The standard InChI is InChI=1S/C18H36N2O/c1-3-5-15-6-7-18(19-4-2)17(12-15)13-20-10-8-16(14-21)9-11-20/h15-19,21H,3-14H2,1-2H3. The Morgan fingerprint density at radius 3 is 2.43 bits per heavy atom. The van der Waals surface area contributed by atoms with Crippen LogP contribution >= 0.6 is 0 Å². The van der Waals surface area contributed by atoms with Crippen LogP contribution in [0, 0.1) is 17.8 Å². The van der Waals surface area contributed by atoms with E-state index >= 15 is 0 Å². The Hall–Kier alpha value is -0.120. The van der Waals surface area contributed by atoms with Crippen molar-refractivity contribution in [1.82, 2.24) is 10.2 Å². The van der Waals surface area contributed by atoms with Gasteiger partial charge in [-0.25, -0.2) is 0 Å². The van der Waals surface area contributed by atoms with Crippen LogP contribution in [0.15, 0.2) is 0 Å². The Morgan fingerprint density at radius 2 is 1.81 bits per heavy atom. The molecule has 2 N–H and O–H groups in total. The summed E-state index contributed by atoms with van der Waals surface area (Å²) in [7, 11) is 0. The first-order valence-electron chi connectivity index (χ1n) is 9.33. The quantitative estimate of drug-likeness (QED) is 0.758. The summed E-state index contributed by atoms with van der Waals surface area (Å²) in [5, 5.41) is 13.0. The number of aliphatic hydroxyl groups excluding tert-OH is 1. The maximum absolute atomic E-state index is 9.28. The summed E-state index contributed by atoms with van der Waals surface area (Å²) >= 11 is 0. The number of hydrogen-bond acceptors (Lipinski definition) is 3. The van der Waals surface area contributed by atoms with Gasteiger partial charge in [-0.1, -0.05) is 26.7 Å². The van der Waals surface area contributed by atoms with Crippen molar-refractivity contribution in [2.75, 3.05) is 32.8 Å². The van der Waals surface area contributed by atoms with Crippen molar-refractivity contribution in [2.45, 2.75) is 64.8 Å². The number of piperidine rings is 1. The highest BCUT2D eigenvalue weighted by Crippen LogP contribution is 2.33. The van der Waals surface area contributed by atoms with Gasteiger partial charge in [0.1, 0.15) is 0 Å². The molecule has 0 aromatic rings. The molecule has 0 aromatic carbocycles. The number of likely N-dealkylation sites (tertiary alicyclic amines) is 1. The summed E-state index contributed by atoms with van der Waals surface area (Å²) in [6, 6.07) is 0.735. The summed E-state index contributed by atoms with van der Waals surface area (Å²) in [6.07, 6.45) is 9.35. The molecule has 3 unspecified atom stereocenters. The minimum absolute atomic E-state index is 0.385. The lowest BCUT2D eigenvalue weighted by Gasteiger charge is -2.41. The normalized spacial score (nSPS) is 32.4. The van der Waals surface area contributed by atoms with E-state index in [-0.39, 0.29) is 0 Å². The van der Waals surface area contributed by atoms with Crippen molar-refractivity contribution in [3.8, 4) is 0 Å². The highest BCUT2D eigenvalue weighted by Gasteiger charge is 2.31. The molecule has 1 saturated carbocycles. The SMILES string of the molecule is CCCC1CCC(NCC)C(CN2CCC(CO)CC2)C1. The Labute approximate surface area is 131 Å². The number of rotatable bonds is 7. The van der Waals surface area contributed by atoms with Crippen molar-refractivity contribution in [1.29, 1.82) is 0 Å². The second-order valence-electron chi connectivity index (χ2n) is 7.32. The minimum Gasteiger partial charge on any atom is -0.396 e. The van der Waals surface area contributed by atoms with Crippen molar-refractivity contribution in [2.24, 2.45) is 17.8 Å². The van der Waals surface area contributed by atoms with Crippen molar-refractivity contribution in [3.05, 3.63) is 0 Å². The van der Waals surface area contributed by atoms with Crippen LogP contribution < -0.4 is 5.32 Å². The van der Waals surface area contributed by atoms with Crippen molar-refractivity contribution < 1.29 is 5.11 Å². The lowest BCUT2D eigenvalue weighted by atomic mass is 9.76. The molecule has 21 heavy (non-hydrogen) atoms. The smallest absolute Gasteiger partial charge is 0.0460 e. The van der Waals surface area contributed by atoms with Gasteiger partial charge in [0.05, 0.1) is 0 Å². The molecular formula is C18H36N2O. The number of hydrogen-bond donors (Lipinski definition) is 2. The Morgan fingerprint density at radius 1 is 1.05 bits per heavy atom. The molecule has 0 aromatic heterocycles. The number of nitrogens with one attached hydrogen (secondary N) is 1. The van der Waals surface area contributed by atoms with Crippen LogP contribution in [0.25, 0.3) is 0 Å². The summed E-state index contributed by atoms with van der Waals surface area (Å²) < 4.78 is 0. The second-order valence-corrected chi connectivity index (χ2v) is 7.32. The summed E-state index contributed by atoms with van der Waals surface area (Å²) in [6.45, 7) is 9.71. The predicted molar refractivity (Wildman–Crippen MR) is 89.5 cm³/mol. The highest BCUT2D eigenvalue weighted by atomic mass is 16.3. The van der Waals surface area contributed by atoms with Gasteiger partial charge in [0.25, 0.3) is 0 Å². The van der Waals surface area contributed by atoms with E-state index in [1.807, 2.05) is 0 Å². The molecule has 0 amide bonds. The second kappa shape index (κ2) is 9.12. The van der Waals surface area contributed by atoms with E-state index in [1.54, 1.807) is 0 Å². The first-order valence-corrected chi connectivity index (χ1v) is 9.33. The zero-order valence-electron chi connectivity index (χ0n) is 14.2. The largest absolute Gasteiger partial charge is 0.396 e. The maximum Gasteiger partial charge on any atom is 0.0460 e. The molecule has 1 aliphatic carbocycles. The van der Waals surface area contributed by atoms with Crippen LogP contribution in [0.1, 0.15) is 58.8 Å². The van der Waals surface area contributed by atoms with E-state index < -0.39 is 0 Å². The number of aliphatic hydroxyl groups is 1. The molecule has 1 saturated heterocycles. The first-order chi connectivity index (χ1) is 10.3. The third-order valence-corrected chi connectivity index (χ3v) is 5.71. The van der Waals surface area contributed by atoms with Crippen LogP contribution in [0.2, 0.25) is 0 Å². The summed E-state index contributed by atoms with van der Waals surface area (Å²) in [5.41, 5.74) is 0. The Bertz CT molecular complexity index is 276. The monoisotopic (exact) mass is 296 g/mol. The van der Waals surface area contributed by atoms with E-state index in [1.165, 1.54) is 64.6 Å². The molecule has 0 bridgehead atoms. The van der Waals surface area contributed by atoms with Crippen molar-refractivity contribution in [3.63, 3.8) is 0 Å². The third-order valence-electron chi connectivity index (χ3n) is 5.71. The van der Waals surface area contributed by atoms with E-state index in [0.717, 1.165) is 24.4 Å². The van der Waals surface area contributed by atoms with E-state index in [4.69, 9.17) is 0 Å². The van der Waals surface area contributed by atoms with Crippen LogP contribution in [-0.4, -0.2) is 48.8 Å². The van der Waals surface area contributed by atoms with Crippen LogP contribution in [0.4, 0.5) is 0 Å². The average molecular weight is 296 g/mol. The zero-order valence-corrected chi connectivity index (χ0v) is 14.2. The van der Waals surface area contributed by atoms with Gasteiger partial charge in [-0.05, 0) is 69.5 Å². The summed E-state index contributed by atoms with van der Waals surface area (Å²) in [5.74, 6) is 2.36. The van der Waals surface area contributed by atoms with Crippen LogP contribution in [0.5, 0.6) is 0 Å². The molecule has 2 aliphatic rings. The molecule has 2 fully saturated rings. The van der Waals surface area contributed by atoms with Gasteiger partial charge >= 0.3 is 0 Å². The summed E-state index contributed by atoms with van der Waals surface area (Å²) in [4.78, 5) is 2.66. The van der Waals surface area contributed by atoms with E-state index in [9.17, 15) is 5.11 Å². The molecule has 3 atom stereocenters. The molecular weight excluding hydrogens is 260 g/mol. The van der Waals surface area contributed by atoms with Crippen LogP contribution in [0.3, 0.4) is 0 Å². The predicted octanol–water partition coefficient (Wildman–Crippen LogP) is 2.89. The molecule has 1 aliphatic heterocycles. The molecule has 3 heteroatoms. The van der Waals surface area contributed by atoms with Gasteiger partial charge in [0, 0.05) is 19.2 Å². The number of nitrogens with zero attached hydrogens (tertiary/aromatic N) is 1. The first kappa shape index (κ1) is 17.2. The average Bonchev–Trinajstić information content (AvgIpc) is 2.51. The molecule has 2 rings (SSSR count). The van der Waals surface area contributed by atoms with Gasteiger partial charge in [-0.15, -0.1) is 0 Å². The minimum atomic E-state index is 0.385. The maximum atomic E-state index is 9.28. The van der Waals surface area contributed by atoms with Gasteiger partial charge < -0.3 is 15.3 Å². The fraction of sp³-hybridized carbons (Fsp3) is 1.00. The molecule has 3 nitrogen and oxygen atoms in total. The van der Waals surface area contributed by atoms with Crippen molar-refractivity contribution >= 4 is 0 Å². The zero-order chi connectivity index (χ0) is 15.1. The van der Waals surface area contributed by atoms with Gasteiger partial charge in [-0.2, -0.15) is 0 Å². The molecule has 124 valence electrons. The Balaban J connectivity index is 1.84. The Kier molecular flexibility index (Phi) is 7.48. The lowest BCUT2D eigenvalue weighted by molar-refractivity contribution is 0.0913. The topological polar surface area (TPSA) is 35.5 Å². The van der Waals surface area contributed by atoms with Gasteiger partial charge in [0.2, 0.25) is 0 Å². The van der Waals surface area contributed by atoms with Gasteiger partial charge in [0.15, 0.2) is 0 Å². The van der Waals surface area contributed by atoms with Crippen LogP contribution in [-0.2, 0) is 0 Å². The third kappa shape index (κ3) is 5.22. The molecule has 0 radical (unpaired) electrons. The molecule has 1 heterocycles. The van der Waals surface area contributed by atoms with E-state index in [0.29, 0.717) is 12.5 Å². The fourth-order valence-corrected chi connectivity index (χ4v) is 4.45.